The van der Waals surface area contributed by atoms with E-state index in [1.807, 2.05) is 35.2 Å². The zero-order valence-corrected chi connectivity index (χ0v) is 15.1. The largest absolute Gasteiger partial charge is 0.331 e. The molecule has 4 heteroatoms. The quantitative estimate of drug-likeness (QED) is 0.717. The fourth-order valence-electron chi connectivity index (χ4n) is 3.84. The first-order valence-corrected chi connectivity index (χ1v) is 9.32. The molecule has 0 radical (unpaired) electrons. The van der Waals surface area contributed by atoms with Gasteiger partial charge in [0.1, 0.15) is 0 Å². The molecule has 1 atom stereocenters. The highest BCUT2D eigenvalue weighted by Crippen LogP contribution is 2.35. The van der Waals surface area contributed by atoms with Crippen molar-refractivity contribution in [2.75, 3.05) is 6.54 Å². The Hall–Kier alpha value is -3.14. The predicted octanol–water partition coefficient (Wildman–Crippen LogP) is 3.41. The minimum Gasteiger partial charge on any atom is -0.331 e. The molecule has 0 saturated heterocycles. The number of carbonyl (C=O) groups excluding carboxylic acids is 1. The van der Waals surface area contributed by atoms with Crippen molar-refractivity contribution in [3.8, 4) is 0 Å². The maximum Gasteiger partial charge on any atom is 0.250 e. The minimum absolute atomic E-state index is 0.0730. The maximum atomic E-state index is 13.1. The molecule has 0 N–H and O–H groups in total. The van der Waals surface area contributed by atoms with Crippen LogP contribution in [0.15, 0.2) is 83.8 Å². The second-order valence-corrected chi connectivity index (χ2v) is 6.83. The molecule has 136 valence electrons. The smallest absolute Gasteiger partial charge is 0.250 e. The number of benzene rings is 2. The van der Waals surface area contributed by atoms with E-state index >= 15 is 0 Å². The molecule has 1 aromatic heterocycles. The number of amides is 1. The highest BCUT2D eigenvalue weighted by molar-refractivity contribution is 5.77. The summed E-state index contributed by atoms with van der Waals surface area (Å²) in [7, 11) is 0. The molecule has 27 heavy (non-hydrogen) atoms. The maximum absolute atomic E-state index is 13.1. The van der Waals surface area contributed by atoms with E-state index in [1.54, 1.807) is 16.8 Å². The molecule has 0 bridgehead atoms. The van der Waals surface area contributed by atoms with Gasteiger partial charge in [0.15, 0.2) is 0 Å². The highest BCUT2D eigenvalue weighted by Gasteiger charge is 2.31. The number of pyridine rings is 1. The van der Waals surface area contributed by atoms with Crippen LogP contribution >= 0.6 is 0 Å². The summed E-state index contributed by atoms with van der Waals surface area (Å²) in [5, 5.41) is 0. The molecular formula is C23H22N2O2. The van der Waals surface area contributed by atoms with Crippen LogP contribution in [0, 0.1) is 0 Å². The van der Waals surface area contributed by atoms with Gasteiger partial charge in [0.2, 0.25) is 5.91 Å². The van der Waals surface area contributed by atoms with E-state index < -0.39 is 0 Å². The van der Waals surface area contributed by atoms with Gasteiger partial charge in [0.25, 0.3) is 5.56 Å². The van der Waals surface area contributed by atoms with Crippen LogP contribution in [0.25, 0.3) is 0 Å². The lowest BCUT2D eigenvalue weighted by molar-refractivity contribution is -0.133. The fraction of sp³-hybridized carbons (Fsp3) is 0.217. The highest BCUT2D eigenvalue weighted by atomic mass is 16.2. The van der Waals surface area contributed by atoms with E-state index in [1.165, 1.54) is 17.2 Å². The normalized spacial score (nSPS) is 16.0. The van der Waals surface area contributed by atoms with Gasteiger partial charge in [-0.15, -0.1) is 0 Å². The lowest BCUT2D eigenvalue weighted by Gasteiger charge is -2.38. The van der Waals surface area contributed by atoms with Gasteiger partial charge in [-0.05, 0) is 29.2 Å². The first-order valence-electron chi connectivity index (χ1n) is 9.32. The van der Waals surface area contributed by atoms with Crippen LogP contribution in [-0.2, 0) is 17.8 Å². The third-order valence-corrected chi connectivity index (χ3v) is 5.18. The van der Waals surface area contributed by atoms with Gasteiger partial charge in [0.05, 0.1) is 6.04 Å². The van der Waals surface area contributed by atoms with Crippen molar-refractivity contribution in [2.24, 2.45) is 0 Å². The van der Waals surface area contributed by atoms with Crippen molar-refractivity contribution in [1.29, 1.82) is 0 Å². The van der Waals surface area contributed by atoms with E-state index in [-0.39, 0.29) is 17.5 Å². The van der Waals surface area contributed by atoms with Gasteiger partial charge in [-0.2, -0.15) is 0 Å². The molecule has 4 rings (SSSR count). The summed E-state index contributed by atoms with van der Waals surface area (Å²) < 4.78 is 1.59. The number of carbonyl (C=O) groups is 1. The van der Waals surface area contributed by atoms with E-state index in [4.69, 9.17) is 0 Å². The standard InChI is InChI=1S/C23H22N2O2/c26-21-12-6-7-15-24(21)16-14-22(27)25-17-13-18-8-4-5-11-20(18)23(25)19-9-2-1-3-10-19/h1-12,15,23H,13-14,16-17H2/t23-/m0/s1. The number of hydrogen-bond acceptors (Lipinski definition) is 2. The Balaban J connectivity index is 1.62. The Morgan fingerprint density at radius 3 is 2.48 bits per heavy atom. The van der Waals surface area contributed by atoms with Crippen molar-refractivity contribution in [3.63, 3.8) is 0 Å². The number of nitrogens with zero attached hydrogens (tertiary/aromatic N) is 2. The minimum atomic E-state index is -0.0751. The number of rotatable bonds is 4. The van der Waals surface area contributed by atoms with Crippen LogP contribution < -0.4 is 5.56 Å². The second-order valence-electron chi connectivity index (χ2n) is 6.83. The zero-order chi connectivity index (χ0) is 18.6. The third kappa shape index (κ3) is 3.56. The molecule has 1 aliphatic heterocycles. The summed E-state index contributed by atoms with van der Waals surface area (Å²) in [5.74, 6) is 0.0779. The Bertz CT molecular complexity index is 994. The molecule has 0 spiro atoms. The Morgan fingerprint density at radius 2 is 1.67 bits per heavy atom. The third-order valence-electron chi connectivity index (χ3n) is 5.18. The first-order chi connectivity index (χ1) is 13.2. The fourth-order valence-corrected chi connectivity index (χ4v) is 3.84. The van der Waals surface area contributed by atoms with Crippen LogP contribution in [0.4, 0.5) is 0 Å². The summed E-state index contributed by atoms with van der Waals surface area (Å²) in [6, 6.07) is 23.5. The molecule has 0 saturated carbocycles. The van der Waals surface area contributed by atoms with Crippen LogP contribution in [0.3, 0.4) is 0 Å². The van der Waals surface area contributed by atoms with E-state index in [9.17, 15) is 9.59 Å². The summed E-state index contributed by atoms with van der Waals surface area (Å²) in [6.45, 7) is 1.09. The van der Waals surface area contributed by atoms with Crippen molar-refractivity contribution in [1.82, 2.24) is 9.47 Å². The van der Waals surface area contributed by atoms with Gasteiger partial charge < -0.3 is 9.47 Å². The lowest BCUT2D eigenvalue weighted by atomic mass is 9.88. The molecule has 2 heterocycles. The number of hydrogen-bond donors (Lipinski definition) is 0. The molecule has 0 aliphatic carbocycles. The summed E-state index contributed by atoms with van der Waals surface area (Å²) in [4.78, 5) is 26.9. The number of aromatic nitrogens is 1. The Morgan fingerprint density at radius 1 is 0.926 bits per heavy atom. The van der Waals surface area contributed by atoms with Crippen molar-refractivity contribution >= 4 is 5.91 Å². The monoisotopic (exact) mass is 358 g/mol. The van der Waals surface area contributed by atoms with Gasteiger partial charge in [0, 0.05) is 31.8 Å². The van der Waals surface area contributed by atoms with Crippen molar-refractivity contribution < 1.29 is 4.79 Å². The number of fused-ring (bicyclic) bond motifs is 1. The topological polar surface area (TPSA) is 42.3 Å². The van der Waals surface area contributed by atoms with Crippen LogP contribution in [-0.4, -0.2) is 21.9 Å². The number of aryl methyl sites for hydroxylation is 1. The summed E-state index contributed by atoms with van der Waals surface area (Å²) >= 11 is 0. The molecule has 1 aliphatic rings. The Kier molecular flexibility index (Phi) is 4.88. The SMILES string of the molecule is O=C(CCn1ccccc1=O)N1CCc2ccccc2[C@@H]1c1ccccc1. The molecule has 4 nitrogen and oxygen atoms in total. The molecule has 0 fully saturated rings. The molecule has 0 unspecified atom stereocenters. The van der Waals surface area contributed by atoms with E-state index in [0.717, 1.165) is 12.0 Å². The van der Waals surface area contributed by atoms with Gasteiger partial charge in [-0.1, -0.05) is 60.7 Å². The van der Waals surface area contributed by atoms with Gasteiger partial charge >= 0.3 is 0 Å². The molecule has 3 aromatic rings. The summed E-state index contributed by atoms with van der Waals surface area (Å²) in [5.41, 5.74) is 3.54. The van der Waals surface area contributed by atoms with Crippen LogP contribution in [0.5, 0.6) is 0 Å². The average Bonchev–Trinajstić information content (AvgIpc) is 2.72. The predicted molar refractivity (Wildman–Crippen MR) is 105 cm³/mol. The van der Waals surface area contributed by atoms with Gasteiger partial charge in [-0.3, -0.25) is 9.59 Å². The first kappa shape index (κ1) is 17.3. The van der Waals surface area contributed by atoms with Crippen molar-refractivity contribution in [2.45, 2.75) is 25.4 Å². The van der Waals surface area contributed by atoms with Crippen molar-refractivity contribution in [3.05, 3.63) is 106 Å². The van der Waals surface area contributed by atoms with Crippen LogP contribution in [0.2, 0.25) is 0 Å². The van der Waals surface area contributed by atoms with Gasteiger partial charge in [-0.25, -0.2) is 0 Å². The van der Waals surface area contributed by atoms with E-state index in [0.29, 0.717) is 19.5 Å². The second kappa shape index (κ2) is 7.62. The molecule has 1 amide bonds. The summed E-state index contributed by atoms with van der Waals surface area (Å²) in [6.07, 6.45) is 2.90. The average molecular weight is 358 g/mol. The van der Waals surface area contributed by atoms with Crippen LogP contribution in [0.1, 0.15) is 29.2 Å². The Labute approximate surface area is 158 Å². The van der Waals surface area contributed by atoms with E-state index in [2.05, 4.69) is 30.3 Å². The molecule has 2 aromatic carbocycles. The molecular weight excluding hydrogens is 336 g/mol. The zero-order valence-electron chi connectivity index (χ0n) is 15.1. The lowest BCUT2D eigenvalue weighted by Crippen LogP contribution is -2.41.